The molecule has 3 heterocycles. The maximum absolute atomic E-state index is 14.0. The molecule has 1 amide bonds. The van der Waals surface area contributed by atoms with E-state index in [4.69, 9.17) is 10.5 Å². The number of hydrogen-bond donors (Lipinski definition) is 1. The Kier molecular flexibility index (Phi) is 14.6. The molecule has 0 atom stereocenters. The number of nitrogens with two attached hydrogens (primary N) is 1. The molecule has 230 valence electrons. The van der Waals surface area contributed by atoms with Crippen molar-refractivity contribution >= 4 is 11.9 Å². The van der Waals surface area contributed by atoms with E-state index in [0.29, 0.717) is 35.8 Å². The molecular weight excluding hydrogens is 533 g/mol. The second-order valence-electron chi connectivity index (χ2n) is 10.8. The Bertz CT molecular complexity index is 1150. The van der Waals surface area contributed by atoms with Crippen molar-refractivity contribution < 1.29 is 22.7 Å². The van der Waals surface area contributed by atoms with Crippen molar-refractivity contribution in [3.8, 4) is 11.1 Å². The Morgan fingerprint density at radius 3 is 2.39 bits per heavy atom. The van der Waals surface area contributed by atoms with E-state index in [1.807, 2.05) is 34.6 Å². The van der Waals surface area contributed by atoms with E-state index in [-0.39, 0.29) is 23.8 Å². The molecule has 11 heteroatoms. The van der Waals surface area contributed by atoms with Crippen LogP contribution in [0.3, 0.4) is 0 Å². The van der Waals surface area contributed by atoms with Crippen LogP contribution < -0.4 is 5.73 Å². The van der Waals surface area contributed by atoms with Crippen LogP contribution >= 0.6 is 0 Å². The lowest BCUT2D eigenvalue weighted by Crippen LogP contribution is -2.52. The van der Waals surface area contributed by atoms with Gasteiger partial charge >= 0.3 is 6.09 Å². The number of likely N-dealkylation sites (tertiary alicyclic amines) is 1. The van der Waals surface area contributed by atoms with Gasteiger partial charge in [0.15, 0.2) is 0 Å². The Morgan fingerprint density at radius 1 is 1.24 bits per heavy atom. The van der Waals surface area contributed by atoms with Crippen molar-refractivity contribution in [2.24, 2.45) is 16.6 Å². The van der Waals surface area contributed by atoms with Crippen molar-refractivity contribution in [3.63, 3.8) is 0 Å². The normalized spacial score (nSPS) is 14.2. The average Bonchev–Trinajstić information content (AvgIpc) is 3.31. The molecule has 1 saturated heterocycles. The van der Waals surface area contributed by atoms with Gasteiger partial charge in [0.05, 0.1) is 12.2 Å². The number of aliphatic imine (C=N–C) groups is 1. The highest BCUT2D eigenvalue weighted by atomic mass is 19.3. The van der Waals surface area contributed by atoms with E-state index >= 15 is 0 Å². The lowest BCUT2D eigenvalue weighted by Gasteiger charge is -2.39. The molecule has 1 aliphatic heterocycles. The number of nitrogens with zero attached hydrogens (tertiary/aromatic N) is 5. The number of hydrogen-bond acceptors (Lipinski definition) is 5. The SMILES string of the molecule is CC.CCC/C(=C/C(N)=NCC(F)F)C(C)C.Cc1cc(F)c(-c2cnn(C3CN(C(=O)OC(C)(C)C)C3)c2)cn1. The third kappa shape index (κ3) is 12.4. The number of rotatable bonds is 8. The molecule has 0 spiro atoms. The van der Waals surface area contributed by atoms with Crippen LogP contribution in [0, 0.1) is 18.7 Å². The maximum Gasteiger partial charge on any atom is 0.410 e. The third-order valence-corrected chi connectivity index (χ3v) is 5.82. The fourth-order valence-corrected chi connectivity index (χ4v) is 3.74. The number of ether oxygens (including phenoxy) is 1. The minimum absolute atomic E-state index is 0.0766. The highest BCUT2D eigenvalue weighted by molar-refractivity contribution is 5.92. The van der Waals surface area contributed by atoms with Crippen LogP contribution in [0.5, 0.6) is 0 Å². The number of amidine groups is 1. The highest BCUT2D eigenvalue weighted by Crippen LogP contribution is 2.27. The highest BCUT2D eigenvalue weighted by Gasteiger charge is 2.35. The van der Waals surface area contributed by atoms with Crippen molar-refractivity contribution in [2.45, 2.75) is 93.2 Å². The van der Waals surface area contributed by atoms with Crippen molar-refractivity contribution in [1.29, 1.82) is 0 Å². The summed E-state index contributed by atoms with van der Waals surface area (Å²) >= 11 is 0. The standard InChI is InChI=1S/C17H21FN4O2.C11H20F2N2.C2H6/c1-11-5-15(18)14(7-19-11)12-6-20-22(8-12)13-9-21(10-13)16(23)24-17(2,3)4;1-4-5-9(8(2)3)6-11(14)15-7-10(12)13;1-2/h5-8,13H,9-10H2,1-4H3;6,8,10H,4-5,7H2,1-3H3,(H2,14,15);1-2H3/b;9-6-;. The second kappa shape index (κ2) is 16.8. The summed E-state index contributed by atoms with van der Waals surface area (Å²) in [7, 11) is 0. The maximum atomic E-state index is 14.0. The minimum Gasteiger partial charge on any atom is -0.444 e. The monoisotopic (exact) mass is 580 g/mol. The van der Waals surface area contributed by atoms with Gasteiger partial charge in [0.25, 0.3) is 6.43 Å². The number of amides is 1. The Balaban J connectivity index is 0.000000429. The number of alkyl halides is 2. The van der Waals surface area contributed by atoms with Gasteiger partial charge in [0, 0.05) is 42.3 Å². The number of halogens is 3. The van der Waals surface area contributed by atoms with Crippen LogP contribution in [-0.2, 0) is 4.74 Å². The fourth-order valence-electron chi connectivity index (χ4n) is 3.74. The molecule has 3 rings (SSSR count). The smallest absolute Gasteiger partial charge is 0.410 e. The summed E-state index contributed by atoms with van der Waals surface area (Å²) in [5.41, 5.74) is 7.93. The predicted molar refractivity (Wildman–Crippen MR) is 159 cm³/mol. The zero-order valence-corrected chi connectivity index (χ0v) is 25.9. The first-order valence-electron chi connectivity index (χ1n) is 14.1. The third-order valence-electron chi connectivity index (χ3n) is 5.82. The first-order chi connectivity index (χ1) is 19.2. The van der Waals surface area contributed by atoms with E-state index in [0.717, 1.165) is 18.4 Å². The molecule has 41 heavy (non-hydrogen) atoms. The molecular formula is C30H47F3N6O2. The molecule has 0 unspecified atom stereocenters. The number of aromatic nitrogens is 3. The van der Waals surface area contributed by atoms with Gasteiger partial charge in [0.2, 0.25) is 0 Å². The molecule has 0 aromatic carbocycles. The summed E-state index contributed by atoms with van der Waals surface area (Å²) in [5, 5.41) is 4.29. The average molecular weight is 581 g/mol. The Hall–Kier alpha value is -3.37. The summed E-state index contributed by atoms with van der Waals surface area (Å²) in [6, 6.07) is 1.48. The summed E-state index contributed by atoms with van der Waals surface area (Å²) < 4.78 is 44.8. The Morgan fingerprint density at radius 2 is 1.88 bits per heavy atom. The number of pyridine rings is 1. The first kappa shape index (κ1) is 35.7. The lowest BCUT2D eigenvalue weighted by molar-refractivity contribution is -0.000386. The van der Waals surface area contributed by atoms with Crippen LogP contribution in [0.25, 0.3) is 11.1 Å². The number of carbonyl (C=O) groups excluding carboxylic acids is 1. The minimum atomic E-state index is -2.43. The van der Waals surface area contributed by atoms with Crippen LogP contribution in [0.15, 0.2) is 41.3 Å². The molecule has 8 nitrogen and oxygen atoms in total. The fraction of sp³-hybridized carbons (Fsp3) is 0.600. The van der Waals surface area contributed by atoms with Gasteiger partial charge in [-0.15, -0.1) is 0 Å². The van der Waals surface area contributed by atoms with E-state index in [1.54, 1.807) is 35.0 Å². The van der Waals surface area contributed by atoms with E-state index < -0.39 is 18.6 Å². The van der Waals surface area contributed by atoms with Crippen LogP contribution in [0.2, 0.25) is 0 Å². The summed E-state index contributed by atoms with van der Waals surface area (Å²) in [6.45, 7) is 18.0. The van der Waals surface area contributed by atoms with Gasteiger partial charge in [-0.3, -0.25) is 14.7 Å². The molecule has 2 aromatic rings. The molecule has 1 aliphatic rings. The summed E-state index contributed by atoms with van der Waals surface area (Å²) in [6.07, 6.45) is 5.84. The molecule has 2 aromatic heterocycles. The second-order valence-corrected chi connectivity index (χ2v) is 10.8. The van der Waals surface area contributed by atoms with Crippen molar-refractivity contribution in [2.75, 3.05) is 19.6 Å². The van der Waals surface area contributed by atoms with Crippen LogP contribution in [0.1, 0.15) is 80.0 Å². The van der Waals surface area contributed by atoms with Gasteiger partial charge in [-0.05, 0) is 52.2 Å². The van der Waals surface area contributed by atoms with Crippen molar-refractivity contribution in [3.05, 3.63) is 47.8 Å². The van der Waals surface area contributed by atoms with Gasteiger partial charge in [-0.2, -0.15) is 5.10 Å². The largest absolute Gasteiger partial charge is 0.444 e. The summed E-state index contributed by atoms with van der Waals surface area (Å²) in [4.78, 5) is 21.3. The topological polar surface area (TPSA) is 98.6 Å². The number of aryl methyl sites for hydroxylation is 1. The van der Waals surface area contributed by atoms with Gasteiger partial charge in [-0.1, -0.05) is 46.6 Å². The zero-order chi connectivity index (χ0) is 31.3. The Labute approximate surface area is 242 Å². The van der Waals surface area contributed by atoms with E-state index in [2.05, 4.69) is 35.8 Å². The first-order valence-corrected chi connectivity index (χ1v) is 14.1. The quantitative estimate of drug-likeness (QED) is 0.263. The zero-order valence-electron chi connectivity index (χ0n) is 25.9. The van der Waals surface area contributed by atoms with Gasteiger partial charge in [0.1, 0.15) is 23.8 Å². The predicted octanol–water partition coefficient (Wildman–Crippen LogP) is 7.20. The van der Waals surface area contributed by atoms with E-state index in [9.17, 15) is 18.0 Å². The lowest BCUT2D eigenvalue weighted by atomic mass is 9.98. The van der Waals surface area contributed by atoms with Crippen LogP contribution in [0.4, 0.5) is 18.0 Å². The number of allylic oxidation sites excluding steroid dienone is 1. The molecule has 1 fully saturated rings. The van der Waals surface area contributed by atoms with Crippen molar-refractivity contribution in [1.82, 2.24) is 19.7 Å². The van der Waals surface area contributed by atoms with E-state index in [1.165, 1.54) is 12.3 Å². The molecule has 0 radical (unpaired) electrons. The molecule has 0 saturated carbocycles. The molecule has 2 N–H and O–H groups in total. The summed E-state index contributed by atoms with van der Waals surface area (Å²) in [5.74, 6) is 0.267. The van der Waals surface area contributed by atoms with Crippen LogP contribution in [-0.4, -0.2) is 63.3 Å². The number of carbonyl (C=O) groups is 1. The van der Waals surface area contributed by atoms with Gasteiger partial charge in [-0.25, -0.2) is 18.0 Å². The molecule has 0 bridgehead atoms. The molecule has 0 aliphatic carbocycles. The van der Waals surface area contributed by atoms with Gasteiger partial charge < -0.3 is 15.4 Å².